The molecule has 3 N–H and O–H groups in total. The van der Waals surface area contributed by atoms with Gasteiger partial charge in [-0.05, 0) is 13.3 Å². The van der Waals surface area contributed by atoms with Crippen molar-refractivity contribution in [3.05, 3.63) is 0 Å². The lowest BCUT2D eigenvalue weighted by atomic mass is 10.0. The number of carboxylic acids is 1. The molecule has 0 fully saturated rings. The molecular weight excluding hydrogens is 436 g/mol. The van der Waals surface area contributed by atoms with Crippen molar-refractivity contribution in [3.63, 3.8) is 0 Å². The zero-order valence-electron chi connectivity index (χ0n) is 23.9. The third-order valence-electron chi connectivity index (χ3n) is 6.76. The van der Waals surface area contributed by atoms with Crippen molar-refractivity contribution in [1.82, 2.24) is 0 Å². The summed E-state index contributed by atoms with van der Waals surface area (Å²) >= 11 is 0. The lowest BCUT2D eigenvalue weighted by molar-refractivity contribution is -0.137. The Balaban J connectivity index is 0. The Labute approximate surface area is 219 Å². The fourth-order valence-electron chi connectivity index (χ4n) is 4.42. The van der Waals surface area contributed by atoms with Gasteiger partial charge in [-0.15, -0.1) is 0 Å². The summed E-state index contributed by atoms with van der Waals surface area (Å²) in [6, 6.07) is 0. The number of rotatable bonds is 27. The van der Waals surface area contributed by atoms with E-state index in [1.165, 1.54) is 155 Å². The first kappa shape index (κ1) is 36.5. The van der Waals surface area contributed by atoms with Gasteiger partial charge in [-0.1, -0.05) is 161 Å². The second-order valence-electron chi connectivity index (χ2n) is 10.7. The number of carboxylic acid groups (broad SMARTS) is 1. The predicted octanol–water partition coefficient (Wildman–Crippen LogP) is 9.59. The van der Waals surface area contributed by atoms with Gasteiger partial charge in [0.25, 0.3) is 0 Å². The molecule has 0 rings (SSSR count). The highest BCUT2D eigenvalue weighted by Gasteiger charge is 1.98. The Kier molecular flexibility index (Phi) is 34.9. The summed E-state index contributed by atoms with van der Waals surface area (Å²) in [7, 11) is 0. The van der Waals surface area contributed by atoms with Gasteiger partial charge >= 0.3 is 5.97 Å². The minimum Gasteiger partial charge on any atom is -0.481 e. The molecule has 4 heteroatoms. The van der Waals surface area contributed by atoms with Gasteiger partial charge in [0.15, 0.2) is 0 Å². The number of hydrogen-bond donors (Lipinski definition) is 3. The van der Waals surface area contributed by atoms with E-state index in [0.29, 0.717) is 6.42 Å². The zero-order chi connectivity index (χ0) is 26.2. The van der Waals surface area contributed by atoms with E-state index in [2.05, 4.69) is 6.92 Å². The monoisotopic (exact) mass is 500 g/mol. The fraction of sp³-hybridized carbons (Fsp3) is 0.968. The van der Waals surface area contributed by atoms with Crippen LogP contribution in [0.5, 0.6) is 0 Å². The second kappa shape index (κ2) is 33.4. The first-order chi connectivity index (χ1) is 17.0. The molecule has 0 aliphatic carbocycles. The SMILES string of the molecule is CC(O)CO.CCCCCCCCCCCCCCCCCCCCCCCCCCCC(=O)O. The maximum absolute atomic E-state index is 10.4. The van der Waals surface area contributed by atoms with Crippen LogP contribution in [-0.2, 0) is 4.79 Å². The van der Waals surface area contributed by atoms with Crippen molar-refractivity contribution in [2.24, 2.45) is 0 Å². The summed E-state index contributed by atoms with van der Waals surface area (Å²) < 4.78 is 0. The molecule has 0 bridgehead atoms. The van der Waals surface area contributed by atoms with Crippen LogP contribution >= 0.6 is 0 Å². The average molecular weight is 501 g/mol. The van der Waals surface area contributed by atoms with Crippen molar-refractivity contribution >= 4 is 5.97 Å². The molecule has 0 aromatic carbocycles. The number of carbonyl (C=O) groups is 1. The van der Waals surface area contributed by atoms with E-state index in [-0.39, 0.29) is 6.61 Å². The van der Waals surface area contributed by atoms with E-state index >= 15 is 0 Å². The highest BCUT2D eigenvalue weighted by Crippen LogP contribution is 2.15. The van der Waals surface area contributed by atoms with Gasteiger partial charge < -0.3 is 15.3 Å². The summed E-state index contributed by atoms with van der Waals surface area (Å²) in [4.78, 5) is 10.4. The van der Waals surface area contributed by atoms with Crippen molar-refractivity contribution in [3.8, 4) is 0 Å². The number of unbranched alkanes of at least 4 members (excludes halogenated alkanes) is 24. The molecule has 0 saturated heterocycles. The van der Waals surface area contributed by atoms with Gasteiger partial charge in [0.05, 0.1) is 12.7 Å². The molecule has 212 valence electrons. The summed E-state index contributed by atoms with van der Waals surface area (Å²) in [6.07, 6.45) is 34.4. The van der Waals surface area contributed by atoms with Crippen LogP contribution in [0.2, 0.25) is 0 Å². The van der Waals surface area contributed by atoms with E-state index in [0.717, 1.165) is 12.8 Å². The molecule has 0 heterocycles. The topological polar surface area (TPSA) is 77.8 Å². The van der Waals surface area contributed by atoms with Crippen molar-refractivity contribution in [2.75, 3.05) is 6.61 Å². The molecule has 0 aromatic rings. The van der Waals surface area contributed by atoms with Gasteiger partial charge in [0, 0.05) is 6.42 Å². The molecule has 0 radical (unpaired) electrons. The molecule has 1 unspecified atom stereocenters. The highest BCUT2D eigenvalue weighted by atomic mass is 16.4. The standard InChI is InChI=1S/C28H56O2.C3H8O2/c1-2-3-4-5-6-7-8-9-10-11-12-13-14-15-16-17-18-19-20-21-22-23-24-25-26-27-28(29)30;1-3(5)2-4/h2-27H2,1H3,(H,29,30);3-5H,2H2,1H3. The number of aliphatic hydroxyl groups is 2. The van der Waals surface area contributed by atoms with Crippen molar-refractivity contribution < 1.29 is 20.1 Å². The molecule has 0 aromatic heterocycles. The molecule has 0 amide bonds. The summed E-state index contributed by atoms with van der Waals surface area (Å²) in [5, 5.41) is 24.6. The maximum Gasteiger partial charge on any atom is 0.303 e. The molecular formula is C31H64O4. The Morgan fingerprint density at radius 3 is 0.886 bits per heavy atom. The van der Waals surface area contributed by atoms with Crippen LogP contribution in [0.25, 0.3) is 0 Å². The Morgan fingerprint density at radius 1 is 0.514 bits per heavy atom. The smallest absolute Gasteiger partial charge is 0.303 e. The molecule has 0 spiro atoms. The predicted molar refractivity (Wildman–Crippen MR) is 152 cm³/mol. The minimum absolute atomic E-state index is 0.139. The van der Waals surface area contributed by atoms with E-state index in [9.17, 15) is 4.79 Å². The fourth-order valence-corrected chi connectivity index (χ4v) is 4.42. The highest BCUT2D eigenvalue weighted by molar-refractivity contribution is 5.66. The van der Waals surface area contributed by atoms with Gasteiger partial charge in [-0.2, -0.15) is 0 Å². The third-order valence-corrected chi connectivity index (χ3v) is 6.76. The van der Waals surface area contributed by atoms with Crippen LogP contribution in [0.4, 0.5) is 0 Å². The van der Waals surface area contributed by atoms with Gasteiger partial charge in [0.1, 0.15) is 0 Å². The van der Waals surface area contributed by atoms with Crippen molar-refractivity contribution in [1.29, 1.82) is 0 Å². The summed E-state index contributed by atoms with van der Waals surface area (Å²) in [5.41, 5.74) is 0. The Hall–Kier alpha value is -0.610. The second-order valence-corrected chi connectivity index (χ2v) is 10.7. The lowest BCUT2D eigenvalue weighted by Crippen LogP contribution is -2.03. The van der Waals surface area contributed by atoms with E-state index in [4.69, 9.17) is 15.3 Å². The van der Waals surface area contributed by atoms with Crippen LogP contribution in [0.15, 0.2) is 0 Å². The summed E-state index contributed by atoms with van der Waals surface area (Å²) in [6.45, 7) is 3.68. The third kappa shape index (κ3) is 40.8. The van der Waals surface area contributed by atoms with Crippen LogP contribution in [-0.4, -0.2) is 34.0 Å². The molecule has 35 heavy (non-hydrogen) atoms. The normalized spacial score (nSPS) is 11.8. The molecule has 4 nitrogen and oxygen atoms in total. The van der Waals surface area contributed by atoms with Gasteiger partial charge in [-0.25, -0.2) is 0 Å². The lowest BCUT2D eigenvalue weighted by Gasteiger charge is -2.04. The zero-order valence-corrected chi connectivity index (χ0v) is 23.9. The van der Waals surface area contributed by atoms with Crippen LogP contribution in [0.3, 0.4) is 0 Å². The van der Waals surface area contributed by atoms with Gasteiger partial charge in [0.2, 0.25) is 0 Å². The van der Waals surface area contributed by atoms with E-state index < -0.39 is 12.1 Å². The quantitative estimate of drug-likeness (QED) is 0.0981. The number of aliphatic hydroxyl groups excluding tert-OH is 2. The Morgan fingerprint density at radius 2 is 0.714 bits per heavy atom. The number of hydrogen-bond acceptors (Lipinski definition) is 3. The van der Waals surface area contributed by atoms with Crippen molar-refractivity contribution in [2.45, 2.75) is 187 Å². The minimum atomic E-state index is -0.649. The van der Waals surface area contributed by atoms with Crippen LogP contribution in [0, 0.1) is 0 Å². The van der Waals surface area contributed by atoms with E-state index in [1.807, 2.05) is 0 Å². The van der Waals surface area contributed by atoms with Gasteiger partial charge in [-0.3, -0.25) is 4.79 Å². The van der Waals surface area contributed by atoms with Crippen LogP contribution in [0.1, 0.15) is 181 Å². The summed E-state index contributed by atoms with van der Waals surface area (Å²) in [5.74, 6) is -0.649. The number of aliphatic carboxylic acids is 1. The van der Waals surface area contributed by atoms with Crippen LogP contribution < -0.4 is 0 Å². The maximum atomic E-state index is 10.4. The molecule has 0 saturated carbocycles. The van der Waals surface area contributed by atoms with E-state index in [1.54, 1.807) is 0 Å². The molecule has 0 aliphatic heterocycles. The molecule has 1 atom stereocenters. The Bertz CT molecular complexity index is 384. The average Bonchev–Trinajstić information content (AvgIpc) is 2.84. The largest absolute Gasteiger partial charge is 0.481 e. The first-order valence-electron chi connectivity index (χ1n) is 15.5. The molecule has 0 aliphatic rings. The first-order valence-corrected chi connectivity index (χ1v) is 15.5.